The molecule has 0 aliphatic rings. The lowest BCUT2D eigenvalue weighted by molar-refractivity contribution is 0.483. The number of aryl methyl sites for hydroxylation is 1. The molecule has 0 aliphatic carbocycles. The fraction of sp³-hybridized carbons (Fsp3) is 0.0417. The quantitative estimate of drug-likeness (QED) is 0.422. The van der Waals surface area contributed by atoms with E-state index in [-0.39, 0.29) is 0 Å². The summed E-state index contributed by atoms with van der Waals surface area (Å²) in [5.41, 5.74) is 2.87. The van der Waals surface area contributed by atoms with Crippen molar-refractivity contribution >= 4 is 23.1 Å². The van der Waals surface area contributed by atoms with E-state index in [4.69, 9.17) is 4.74 Å². The van der Waals surface area contributed by atoms with Crippen LogP contribution in [-0.2, 0) is 0 Å². The molecule has 3 aromatic carbocycles. The van der Waals surface area contributed by atoms with Crippen LogP contribution < -0.4 is 15.4 Å². The van der Waals surface area contributed by atoms with Gasteiger partial charge in [-0.1, -0.05) is 30.3 Å². The second-order valence-electron chi connectivity index (χ2n) is 6.57. The maximum atomic E-state index is 9.26. The molecule has 0 bridgehead atoms. The van der Waals surface area contributed by atoms with Gasteiger partial charge in [0, 0.05) is 17.4 Å². The Morgan fingerprint density at radius 3 is 2.27 bits per heavy atom. The maximum absolute atomic E-state index is 9.26. The minimum absolute atomic E-state index is 0.421. The fourth-order valence-electron chi connectivity index (χ4n) is 2.88. The minimum atomic E-state index is 0.421. The van der Waals surface area contributed by atoms with E-state index in [0.29, 0.717) is 23.0 Å². The lowest BCUT2D eigenvalue weighted by Gasteiger charge is -2.11. The fourth-order valence-corrected chi connectivity index (χ4v) is 2.88. The van der Waals surface area contributed by atoms with Crippen LogP contribution in [0.1, 0.15) is 11.3 Å². The first kappa shape index (κ1) is 19.0. The second-order valence-corrected chi connectivity index (χ2v) is 6.57. The number of benzene rings is 3. The third-order valence-corrected chi connectivity index (χ3v) is 4.25. The summed E-state index contributed by atoms with van der Waals surface area (Å²) >= 11 is 0. The van der Waals surface area contributed by atoms with Crippen molar-refractivity contribution in [3.8, 4) is 17.6 Å². The summed E-state index contributed by atoms with van der Waals surface area (Å²) in [7, 11) is 0. The third kappa shape index (κ3) is 4.72. The number of para-hydroxylation sites is 2. The first-order valence-corrected chi connectivity index (χ1v) is 9.41. The predicted molar refractivity (Wildman–Crippen MR) is 117 cm³/mol. The zero-order valence-electron chi connectivity index (χ0n) is 16.3. The smallest absolute Gasteiger partial charge is 0.229 e. The van der Waals surface area contributed by atoms with Crippen LogP contribution in [0.4, 0.5) is 23.1 Å². The standard InChI is InChI=1S/C24H19N5O/c1-17-15-23(29-24(26-17)28-22-10-6-5-7-18(22)16-25)27-19-11-13-21(14-12-19)30-20-8-3-2-4-9-20/h2-15H,1H3,(H2,26,27,28,29). The monoisotopic (exact) mass is 393 g/mol. The summed E-state index contributed by atoms with van der Waals surface area (Å²) in [5, 5.41) is 15.7. The van der Waals surface area contributed by atoms with Crippen molar-refractivity contribution in [3.05, 3.63) is 96.2 Å². The van der Waals surface area contributed by atoms with Crippen molar-refractivity contribution in [1.82, 2.24) is 9.97 Å². The number of hydrogen-bond acceptors (Lipinski definition) is 6. The number of aromatic nitrogens is 2. The number of nitrogens with one attached hydrogen (secondary N) is 2. The van der Waals surface area contributed by atoms with Gasteiger partial charge in [0.25, 0.3) is 0 Å². The molecule has 0 aliphatic heterocycles. The van der Waals surface area contributed by atoms with Crippen molar-refractivity contribution in [3.63, 3.8) is 0 Å². The zero-order valence-corrected chi connectivity index (χ0v) is 16.3. The van der Waals surface area contributed by atoms with Crippen molar-refractivity contribution in [2.45, 2.75) is 6.92 Å². The summed E-state index contributed by atoms with van der Waals surface area (Å²) in [4.78, 5) is 8.93. The van der Waals surface area contributed by atoms with Crippen molar-refractivity contribution < 1.29 is 4.74 Å². The molecule has 0 unspecified atom stereocenters. The van der Waals surface area contributed by atoms with Gasteiger partial charge in [0.2, 0.25) is 5.95 Å². The number of rotatable bonds is 6. The Bertz CT molecular complexity index is 1180. The molecule has 4 aromatic rings. The molecule has 2 N–H and O–H groups in total. The van der Waals surface area contributed by atoms with Crippen molar-refractivity contribution in [1.29, 1.82) is 5.26 Å². The number of anilines is 4. The van der Waals surface area contributed by atoms with Crippen molar-refractivity contribution in [2.75, 3.05) is 10.6 Å². The number of nitriles is 1. The van der Waals surface area contributed by atoms with Crippen LogP contribution in [0.5, 0.6) is 11.5 Å². The molecule has 0 radical (unpaired) electrons. The lowest BCUT2D eigenvalue weighted by Crippen LogP contribution is -2.03. The van der Waals surface area contributed by atoms with Gasteiger partial charge in [0.05, 0.1) is 11.3 Å². The van der Waals surface area contributed by atoms with Gasteiger partial charge in [-0.05, 0) is 55.5 Å². The summed E-state index contributed by atoms with van der Waals surface area (Å²) in [5.74, 6) is 2.61. The first-order chi connectivity index (χ1) is 14.7. The molecule has 6 heteroatoms. The Labute approximate surface area is 174 Å². The van der Waals surface area contributed by atoms with Crippen LogP contribution in [-0.4, -0.2) is 9.97 Å². The molecule has 0 amide bonds. The largest absolute Gasteiger partial charge is 0.457 e. The van der Waals surface area contributed by atoms with E-state index in [1.807, 2.05) is 85.8 Å². The van der Waals surface area contributed by atoms with E-state index in [0.717, 1.165) is 22.9 Å². The molecule has 6 nitrogen and oxygen atoms in total. The molecular formula is C24H19N5O. The van der Waals surface area contributed by atoms with Crippen LogP contribution >= 0.6 is 0 Å². The Kier molecular flexibility index (Phi) is 5.54. The van der Waals surface area contributed by atoms with E-state index in [2.05, 4.69) is 26.7 Å². The van der Waals surface area contributed by atoms with E-state index >= 15 is 0 Å². The molecule has 0 saturated carbocycles. The van der Waals surface area contributed by atoms with E-state index in [9.17, 15) is 5.26 Å². The Morgan fingerprint density at radius 2 is 1.50 bits per heavy atom. The highest BCUT2D eigenvalue weighted by molar-refractivity contribution is 5.65. The summed E-state index contributed by atoms with van der Waals surface area (Å²) < 4.78 is 5.82. The summed E-state index contributed by atoms with van der Waals surface area (Å²) in [6, 6.07) is 28.5. The Hall–Kier alpha value is -4.37. The topological polar surface area (TPSA) is 82.9 Å². The van der Waals surface area contributed by atoms with Crippen molar-refractivity contribution in [2.24, 2.45) is 0 Å². The number of nitrogens with zero attached hydrogens (tertiary/aromatic N) is 3. The lowest BCUT2D eigenvalue weighted by atomic mass is 10.2. The predicted octanol–water partition coefficient (Wildman–Crippen LogP) is 5.94. The second kappa shape index (κ2) is 8.76. The average Bonchev–Trinajstić information content (AvgIpc) is 2.76. The van der Waals surface area contributed by atoms with Gasteiger partial charge in [-0.15, -0.1) is 0 Å². The molecule has 0 saturated heterocycles. The highest BCUT2D eigenvalue weighted by atomic mass is 16.5. The molecule has 1 aromatic heterocycles. The van der Waals surface area contributed by atoms with Gasteiger partial charge >= 0.3 is 0 Å². The SMILES string of the molecule is Cc1cc(Nc2ccc(Oc3ccccc3)cc2)nc(Nc2ccccc2C#N)n1. The van der Waals surface area contributed by atoms with Crippen LogP contribution in [0.25, 0.3) is 0 Å². The number of hydrogen-bond donors (Lipinski definition) is 2. The van der Waals surface area contributed by atoms with E-state index in [1.165, 1.54) is 0 Å². The molecule has 30 heavy (non-hydrogen) atoms. The normalized spacial score (nSPS) is 10.1. The zero-order chi connectivity index (χ0) is 20.8. The van der Waals surface area contributed by atoms with Crippen LogP contribution in [0, 0.1) is 18.3 Å². The first-order valence-electron chi connectivity index (χ1n) is 9.41. The Morgan fingerprint density at radius 1 is 0.800 bits per heavy atom. The average molecular weight is 393 g/mol. The molecule has 4 rings (SSSR count). The molecule has 0 atom stereocenters. The van der Waals surface area contributed by atoms with E-state index in [1.54, 1.807) is 6.07 Å². The molecular weight excluding hydrogens is 374 g/mol. The van der Waals surface area contributed by atoms with Gasteiger partial charge in [0.1, 0.15) is 23.4 Å². The third-order valence-electron chi connectivity index (χ3n) is 4.25. The van der Waals surface area contributed by atoms with Gasteiger partial charge < -0.3 is 15.4 Å². The molecule has 146 valence electrons. The molecule has 0 fully saturated rings. The van der Waals surface area contributed by atoms with Gasteiger partial charge in [-0.2, -0.15) is 10.2 Å². The Balaban J connectivity index is 1.49. The summed E-state index contributed by atoms with van der Waals surface area (Å²) in [6.07, 6.45) is 0. The highest BCUT2D eigenvalue weighted by Crippen LogP contribution is 2.25. The van der Waals surface area contributed by atoms with Gasteiger partial charge in [0.15, 0.2) is 0 Å². The molecule has 1 heterocycles. The van der Waals surface area contributed by atoms with Crippen LogP contribution in [0.15, 0.2) is 84.9 Å². The maximum Gasteiger partial charge on any atom is 0.229 e. The van der Waals surface area contributed by atoms with E-state index < -0.39 is 0 Å². The van der Waals surface area contributed by atoms with Gasteiger partial charge in [-0.25, -0.2) is 4.98 Å². The molecule has 0 spiro atoms. The van der Waals surface area contributed by atoms with Crippen LogP contribution in [0.3, 0.4) is 0 Å². The minimum Gasteiger partial charge on any atom is -0.457 e. The highest BCUT2D eigenvalue weighted by Gasteiger charge is 2.07. The van der Waals surface area contributed by atoms with Crippen LogP contribution in [0.2, 0.25) is 0 Å². The summed E-state index contributed by atoms with van der Waals surface area (Å²) in [6.45, 7) is 1.89. The number of ether oxygens (including phenoxy) is 1. The van der Waals surface area contributed by atoms with Gasteiger partial charge in [-0.3, -0.25) is 0 Å².